The van der Waals surface area contributed by atoms with E-state index < -0.39 is 30.3 Å². The van der Waals surface area contributed by atoms with Crippen LogP contribution in [0.4, 0.5) is 26.3 Å². The Kier molecular flexibility index (Phi) is 4.73. The summed E-state index contributed by atoms with van der Waals surface area (Å²) in [4.78, 5) is 0. The standard InChI is InChI=1S/C16H9F6NO/c17-15(18,19)14-9-12(5-4-10(14)6-7-23)11-2-1-3-13(8-11)24-16(20,21)22/h1-5,8-9H,6H2. The van der Waals surface area contributed by atoms with Gasteiger partial charge in [-0.25, -0.2) is 0 Å². The summed E-state index contributed by atoms with van der Waals surface area (Å²) in [5.41, 5.74) is -0.998. The number of hydrogen-bond acceptors (Lipinski definition) is 2. The van der Waals surface area contributed by atoms with E-state index in [2.05, 4.69) is 4.74 Å². The first-order valence-electron chi connectivity index (χ1n) is 6.53. The number of hydrogen-bond donors (Lipinski definition) is 0. The molecule has 0 aromatic heterocycles. The van der Waals surface area contributed by atoms with Crippen LogP contribution in [0.15, 0.2) is 42.5 Å². The predicted molar refractivity (Wildman–Crippen MR) is 72.9 cm³/mol. The van der Waals surface area contributed by atoms with Gasteiger partial charge in [0.1, 0.15) is 5.75 Å². The summed E-state index contributed by atoms with van der Waals surface area (Å²) in [6.07, 6.45) is -10.00. The van der Waals surface area contributed by atoms with Crippen LogP contribution in [-0.4, -0.2) is 6.36 Å². The molecule has 0 saturated carbocycles. The zero-order valence-electron chi connectivity index (χ0n) is 11.9. The van der Waals surface area contributed by atoms with Crippen molar-refractivity contribution < 1.29 is 31.1 Å². The van der Waals surface area contributed by atoms with Gasteiger partial charge in [-0.1, -0.05) is 24.3 Å². The Hall–Kier alpha value is -2.69. The molecular weight excluding hydrogens is 336 g/mol. The van der Waals surface area contributed by atoms with Crippen molar-refractivity contribution in [3.63, 3.8) is 0 Å². The molecule has 126 valence electrons. The summed E-state index contributed by atoms with van der Waals surface area (Å²) in [6.45, 7) is 0. The monoisotopic (exact) mass is 345 g/mol. The molecule has 2 aromatic carbocycles. The molecule has 0 heterocycles. The van der Waals surface area contributed by atoms with Crippen molar-refractivity contribution in [2.24, 2.45) is 0 Å². The molecule has 0 saturated heterocycles. The molecule has 2 nitrogen and oxygen atoms in total. The first-order valence-corrected chi connectivity index (χ1v) is 6.53. The summed E-state index contributed by atoms with van der Waals surface area (Å²) in [7, 11) is 0. The molecule has 0 N–H and O–H groups in total. The molecule has 0 atom stereocenters. The Morgan fingerprint density at radius 2 is 1.58 bits per heavy atom. The quantitative estimate of drug-likeness (QED) is 0.704. The van der Waals surface area contributed by atoms with Gasteiger partial charge in [-0.2, -0.15) is 18.4 Å². The van der Waals surface area contributed by atoms with Crippen LogP contribution in [0.2, 0.25) is 0 Å². The molecule has 0 radical (unpaired) electrons. The topological polar surface area (TPSA) is 33.0 Å². The average molecular weight is 345 g/mol. The Balaban J connectivity index is 2.46. The second-order valence-electron chi connectivity index (χ2n) is 4.78. The number of halogens is 6. The molecule has 0 unspecified atom stereocenters. The highest BCUT2D eigenvalue weighted by atomic mass is 19.4. The maximum absolute atomic E-state index is 13.1. The fraction of sp³-hybridized carbons (Fsp3) is 0.188. The normalized spacial score (nSPS) is 11.9. The minimum atomic E-state index is -4.90. The summed E-state index contributed by atoms with van der Waals surface area (Å²) < 4.78 is 79.7. The molecule has 0 bridgehead atoms. The number of ether oxygens (including phenoxy) is 1. The van der Waals surface area contributed by atoms with E-state index >= 15 is 0 Å². The third-order valence-corrected chi connectivity index (χ3v) is 3.09. The fourth-order valence-corrected chi connectivity index (χ4v) is 2.13. The zero-order valence-corrected chi connectivity index (χ0v) is 11.9. The van der Waals surface area contributed by atoms with Crippen LogP contribution in [0.3, 0.4) is 0 Å². The van der Waals surface area contributed by atoms with Crippen LogP contribution < -0.4 is 4.74 Å². The Morgan fingerprint density at radius 1 is 0.917 bits per heavy atom. The van der Waals surface area contributed by atoms with E-state index in [-0.39, 0.29) is 16.7 Å². The van der Waals surface area contributed by atoms with Crippen LogP contribution in [0.25, 0.3) is 11.1 Å². The molecule has 0 amide bonds. The first-order chi connectivity index (χ1) is 11.1. The lowest BCUT2D eigenvalue weighted by Crippen LogP contribution is -2.17. The molecule has 0 aliphatic carbocycles. The maximum Gasteiger partial charge on any atom is 0.573 e. The fourth-order valence-electron chi connectivity index (χ4n) is 2.13. The lowest BCUT2D eigenvalue weighted by molar-refractivity contribution is -0.274. The van der Waals surface area contributed by atoms with Crippen LogP contribution in [0.5, 0.6) is 5.75 Å². The average Bonchev–Trinajstić information content (AvgIpc) is 2.45. The van der Waals surface area contributed by atoms with Gasteiger partial charge in [0.2, 0.25) is 0 Å². The minimum Gasteiger partial charge on any atom is -0.406 e. The SMILES string of the molecule is N#CCc1ccc(-c2cccc(OC(F)(F)F)c2)cc1C(F)(F)F. The van der Waals surface area contributed by atoms with E-state index in [9.17, 15) is 26.3 Å². The summed E-state index contributed by atoms with van der Waals surface area (Å²) in [5.74, 6) is -0.533. The van der Waals surface area contributed by atoms with Gasteiger partial charge in [0.15, 0.2) is 0 Å². The van der Waals surface area contributed by atoms with Crippen molar-refractivity contribution in [3.05, 3.63) is 53.6 Å². The van der Waals surface area contributed by atoms with E-state index in [1.165, 1.54) is 18.2 Å². The summed E-state index contributed by atoms with van der Waals surface area (Å²) in [6, 6.07) is 9.55. The van der Waals surface area contributed by atoms with Crippen LogP contribution in [-0.2, 0) is 12.6 Å². The molecule has 2 aromatic rings. The molecule has 0 aliphatic heterocycles. The van der Waals surface area contributed by atoms with Crippen molar-refractivity contribution in [1.29, 1.82) is 5.26 Å². The summed E-state index contributed by atoms with van der Waals surface area (Å²) in [5, 5.41) is 8.60. The van der Waals surface area contributed by atoms with Gasteiger partial charge in [-0.05, 0) is 34.9 Å². The van der Waals surface area contributed by atoms with Gasteiger partial charge in [-0.3, -0.25) is 0 Å². The molecule has 8 heteroatoms. The van der Waals surface area contributed by atoms with Gasteiger partial charge in [-0.15, -0.1) is 13.2 Å². The predicted octanol–water partition coefficient (Wildman–Crippen LogP) is 5.34. The number of nitriles is 1. The van der Waals surface area contributed by atoms with Gasteiger partial charge < -0.3 is 4.74 Å². The van der Waals surface area contributed by atoms with Crippen molar-refractivity contribution in [3.8, 4) is 22.9 Å². The van der Waals surface area contributed by atoms with E-state index in [1.807, 2.05) is 0 Å². The highest BCUT2D eigenvalue weighted by Crippen LogP contribution is 2.36. The lowest BCUT2D eigenvalue weighted by Gasteiger charge is -2.14. The summed E-state index contributed by atoms with van der Waals surface area (Å²) >= 11 is 0. The number of benzene rings is 2. The molecule has 2 rings (SSSR count). The van der Waals surface area contributed by atoms with E-state index in [1.54, 1.807) is 6.07 Å². The molecular formula is C16H9F6NO. The highest BCUT2D eigenvalue weighted by Gasteiger charge is 2.34. The van der Waals surface area contributed by atoms with Crippen molar-refractivity contribution in [2.45, 2.75) is 19.0 Å². The van der Waals surface area contributed by atoms with Crippen LogP contribution in [0.1, 0.15) is 11.1 Å². The number of nitrogens with zero attached hydrogens (tertiary/aromatic N) is 1. The Bertz CT molecular complexity index is 773. The van der Waals surface area contributed by atoms with Crippen molar-refractivity contribution in [1.82, 2.24) is 0 Å². The second kappa shape index (κ2) is 6.43. The van der Waals surface area contributed by atoms with Crippen LogP contribution in [0, 0.1) is 11.3 Å². The second-order valence-corrected chi connectivity index (χ2v) is 4.78. The minimum absolute atomic E-state index is 0.0663. The number of alkyl halides is 6. The molecule has 0 fully saturated rings. The molecule has 0 spiro atoms. The third-order valence-electron chi connectivity index (χ3n) is 3.09. The van der Waals surface area contributed by atoms with Crippen molar-refractivity contribution >= 4 is 0 Å². The van der Waals surface area contributed by atoms with E-state index in [4.69, 9.17) is 5.26 Å². The van der Waals surface area contributed by atoms with Gasteiger partial charge in [0.05, 0.1) is 18.1 Å². The van der Waals surface area contributed by atoms with E-state index in [0.29, 0.717) is 0 Å². The Labute approximate surface area is 132 Å². The van der Waals surface area contributed by atoms with Gasteiger partial charge >= 0.3 is 12.5 Å². The first kappa shape index (κ1) is 17.7. The smallest absolute Gasteiger partial charge is 0.406 e. The molecule has 0 aliphatic rings. The Morgan fingerprint density at radius 3 is 2.17 bits per heavy atom. The van der Waals surface area contributed by atoms with Gasteiger partial charge in [0.25, 0.3) is 0 Å². The van der Waals surface area contributed by atoms with Crippen LogP contribution >= 0.6 is 0 Å². The third kappa shape index (κ3) is 4.41. The highest BCUT2D eigenvalue weighted by molar-refractivity contribution is 5.67. The van der Waals surface area contributed by atoms with Crippen molar-refractivity contribution in [2.75, 3.05) is 0 Å². The zero-order chi connectivity index (χ0) is 18.0. The number of rotatable bonds is 3. The lowest BCUT2D eigenvalue weighted by atomic mass is 9.97. The largest absolute Gasteiger partial charge is 0.573 e. The maximum atomic E-state index is 13.1. The molecule has 24 heavy (non-hydrogen) atoms. The van der Waals surface area contributed by atoms with E-state index in [0.717, 1.165) is 24.3 Å². The van der Waals surface area contributed by atoms with Gasteiger partial charge in [0, 0.05) is 0 Å².